The first-order valence-electron chi connectivity index (χ1n) is 7.08. The quantitative estimate of drug-likeness (QED) is 0.678. The van der Waals surface area contributed by atoms with Gasteiger partial charge in [0.25, 0.3) is 0 Å². The molecule has 0 atom stereocenters. The molecule has 0 unspecified atom stereocenters. The first kappa shape index (κ1) is 17.8. The fraction of sp³-hybridized carbons (Fsp3) is 0.368. The Morgan fingerprint density at radius 3 is 2.48 bits per heavy atom. The maximum atomic E-state index is 4.16. The summed E-state index contributed by atoms with van der Waals surface area (Å²) in [4.78, 5) is 2.22. The zero-order valence-electron chi connectivity index (χ0n) is 13.4. The molecule has 1 aromatic rings. The molecule has 21 heavy (non-hydrogen) atoms. The van der Waals surface area contributed by atoms with Crippen LogP contribution < -0.4 is 0 Å². The maximum absolute atomic E-state index is 4.16. The Kier molecular flexibility index (Phi) is 6.95. The van der Waals surface area contributed by atoms with Crippen LogP contribution in [0.1, 0.15) is 26.3 Å². The van der Waals surface area contributed by atoms with Crippen LogP contribution in [0.5, 0.6) is 0 Å². The van der Waals surface area contributed by atoms with Crippen LogP contribution in [0.2, 0.25) is 0 Å². The van der Waals surface area contributed by atoms with Crippen molar-refractivity contribution in [1.82, 2.24) is 4.90 Å². The highest BCUT2D eigenvalue weighted by atomic mass is 79.9. The van der Waals surface area contributed by atoms with E-state index in [1.165, 1.54) is 5.56 Å². The van der Waals surface area contributed by atoms with Crippen molar-refractivity contribution in [2.45, 2.75) is 20.8 Å². The smallest absolute Gasteiger partial charge is 0.0234 e. The van der Waals surface area contributed by atoms with Gasteiger partial charge in [-0.2, -0.15) is 0 Å². The lowest BCUT2D eigenvalue weighted by Crippen LogP contribution is -2.20. The van der Waals surface area contributed by atoms with Gasteiger partial charge in [0.2, 0.25) is 0 Å². The minimum atomic E-state index is 0.0616. The topological polar surface area (TPSA) is 3.24 Å². The molecule has 0 fully saturated rings. The third-order valence-electron chi connectivity index (χ3n) is 2.78. The molecule has 0 radical (unpaired) electrons. The van der Waals surface area contributed by atoms with Gasteiger partial charge in [-0.3, -0.25) is 4.90 Å². The SMILES string of the molecule is C=C(CN(C)CC=CC#CC(C)(C)C)c1ccc(Br)cc1. The molecule has 0 heterocycles. The Balaban J connectivity index is 2.44. The molecular formula is C19H24BrN. The Bertz CT molecular complexity index is 550. The molecule has 0 N–H and O–H groups in total. The highest BCUT2D eigenvalue weighted by molar-refractivity contribution is 9.10. The molecule has 0 amide bonds. The van der Waals surface area contributed by atoms with E-state index in [1.54, 1.807) is 0 Å². The number of rotatable bonds is 5. The minimum Gasteiger partial charge on any atom is -0.298 e. The van der Waals surface area contributed by atoms with Crippen LogP contribution in [0.4, 0.5) is 0 Å². The first-order valence-corrected chi connectivity index (χ1v) is 7.87. The van der Waals surface area contributed by atoms with E-state index in [9.17, 15) is 0 Å². The zero-order valence-corrected chi connectivity index (χ0v) is 15.0. The van der Waals surface area contributed by atoms with Gasteiger partial charge in [-0.25, -0.2) is 0 Å². The van der Waals surface area contributed by atoms with E-state index in [0.29, 0.717) is 0 Å². The van der Waals surface area contributed by atoms with Crippen LogP contribution >= 0.6 is 15.9 Å². The number of hydrogen-bond acceptors (Lipinski definition) is 1. The van der Waals surface area contributed by atoms with Crippen molar-refractivity contribution in [3.05, 3.63) is 53.0 Å². The number of nitrogens with zero attached hydrogens (tertiary/aromatic N) is 1. The van der Waals surface area contributed by atoms with E-state index in [1.807, 2.05) is 18.2 Å². The lowest BCUT2D eigenvalue weighted by molar-refractivity contribution is 0.419. The molecule has 112 valence electrons. The highest BCUT2D eigenvalue weighted by Crippen LogP contribution is 2.17. The molecule has 1 aromatic carbocycles. The number of benzene rings is 1. The third kappa shape index (κ3) is 7.90. The van der Waals surface area contributed by atoms with Gasteiger partial charge < -0.3 is 0 Å². The van der Waals surface area contributed by atoms with Crippen LogP contribution in [0.15, 0.2) is 47.5 Å². The van der Waals surface area contributed by atoms with E-state index >= 15 is 0 Å². The van der Waals surface area contributed by atoms with Crippen molar-refractivity contribution in [1.29, 1.82) is 0 Å². The Labute approximate surface area is 137 Å². The van der Waals surface area contributed by atoms with Gasteiger partial charge in [0.1, 0.15) is 0 Å². The summed E-state index contributed by atoms with van der Waals surface area (Å²) < 4.78 is 1.09. The first-order chi connectivity index (χ1) is 9.78. The highest BCUT2D eigenvalue weighted by Gasteiger charge is 2.03. The average molecular weight is 346 g/mol. The van der Waals surface area contributed by atoms with Gasteiger partial charge >= 0.3 is 0 Å². The van der Waals surface area contributed by atoms with E-state index in [-0.39, 0.29) is 5.41 Å². The average Bonchev–Trinajstić information content (AvgIpc) is 2.37. The molecule has 0 spiro atoms. The summed E-state index contributed by atoms with van der Waals surface area (Å²) in [6, 6.07) is 8.26. The summed E-state index contributed by atoms with van der Waals surface area (Å²) in [6.45, 7) is 12.2. The van der Waals surface area contributed by atoms with Crippen LogP contribution in [0.25, 0.3) is 5.57 Å². The standard InChI is InChI=1S/C19H24BrN/c1-16(17-9-11-18(20)12-10-17)15-21(5)14-8-6-7-13-19(2,3)4/h6,8-12H,1,14-15H2,2-5H3. The lowest BCUT2D eigenvalue weighted by Gasteiger charge is -2.16. The van der Waals surface area contributed by atoms with Gasteiger partial charge in [0.05, 0.1) is 0 Å². The minimum absolute atomic E-state index is 0.0616. The van der Waals surface area contributed by atoms with Crippen LogP contribution in [-0.2, 0) is 0 Å². The van der Waals surface area contributed by atoms with Gasteiger partial charge in [-0.1, -0.05) is 52.6 Å². The van der Waals surface area contributed by atoms with E-state index < -0.39 is 0 Å². The molecule has 0 aromatic heterocycles. The normalized spacial score (nSPS) is 11.5. The second kappa shape index (κ2) is 8.22. The Morgan fingerprint density at radius 1 is 1.29 bits per heavy atom. The molecule has 0 saturated carbocycles. The summed E-state index contributed by atoms with van der Waals surface area (Å²) in [6.07, 6.45) is 4.03. The predicted octanol–water partition coefficient (Wildman–Crippen LogP) is 5.00. The zero-order chi connectivity index (χ0) is 15.9. The van der Waals surface area contributed by atoms with Crippen LogP contribution in [0.3, 0.4) is 0 Å². The molecule has 1 rings (SSSR count). The molecule has 2 heteroatoms. The third-order valence-corrected chi connectivity index (χ3v) is 3.31. The molecule has 1 nitrogen and oxygen atoms in total. The summed E-state index contributed by atoms with van der Waals surface area (Å²) in [5.74, 6) is 6.28. The van der Waals surface area contributed by atoms with Crippen molar-refractivity contribution in [2.75, 3.05) is 20.1 Å². The fourth-order valence-electron chi connectivity index (χ4n) is 1.72. The molecule has 0 aliphatic heterocycles. The Hall–Kier alpha value is -1.30. The van der Waals surface area contributed by atoms with Gasteiger partial charge in [0, 0.05) is 23.0 Å². The van der Waals surface area contributed by atoms with Crippen molar-refractivity contribution in [3.63, 3.8) is 0 Å². The van der Waals surface area contributed by atoms with Crippen molar-refractivity contribution in [3.8, 4) is 11.8 Å². The molecular weight excluding hydrogens is 322 g/mol. The molecule has 0 aliphatic rings. The van der Waals surface area contributed by atoms with E-state index in [0.717, 1.165) is 23.1 Å². The molecule has 0 bridgehead atoms. The second-order valence-electron chi connectivity index (χ2n) is 6.23. The van der Waals surface area contributed by atoms with Gasteiger partial charge in [-0.05, 0) is 57.2 Å². The summed E-state index contributed by atoms with van der Waals surface area (Å²) in [5, 5.41) is 0. The monoisotopic (exact) mass is 345 g/mol. The van der Waals surface area contributed by atoms with Crippen molar-refractivity contribution >= 4 is 21.5 Å². The number of likely N-dealkylation sites (N-methyl/N-ethyl adjacent to an activating group) is 1. The Morgan fingerprint density at radius 2 is 1.90 bits per heavy atom. The predicted molar refractivity (Wildman–Crippen MR) is 97.0 cm³/mol. The number of hydrogen-bond donors (Lipinski definition) is 0. The van der Waals surface area contributed by atoms with Crippen molar-refractivity contribution < 1.29 is 0 Å². The summed E-state index contributed by atoms with van der Waals surface area (Å²) in [7, 11) is 2.09. The van der Waals surface area contributed by atoms with Gasteiger partial charge in [-0.15, -0.1) is 0 Å². The van der Waals surface area contributed by atoms with Crippen LogP contribution in [-0.4, -0.2) is 25.0 Å². The van der Waals surface area contributed by atoms with E-state index in [4.69, 9.17) is 0 Å². The number of allylic oxidation sites excluding steroid dienone is 1. The second-order valence-corrected chi connectivity index (χ2v) is 7.14. The largest absolute Gasteiger partial charge is 0.298 e. The molecule has 0 aliphatic carbocycles. The van der Waals surface area contributed by atoms with Crippen LogP contribution in [0, 0.1) is 17.3 Å². The lowest BCUT2D eigenvalue weighted by atomic mass is 9.98. The molecule has 0 saturated heterocycles. The fourth-order valence-corrected chi connectivity index (χ4v) is 1.98. The van der Waals surface area contributed by atoms with Gasteiger partial charge in [0.15, 0.2) is 0 Å². The summed E-state index contributed by atoms with van der Waals surface area (Å²) >= 11 is 3.45. The maximum Gasteiger partial charge on any atom is 0.0234 e. The number of halogens is 1. The summed E-state index contributed by atoms with van der Waals surface area (Å²) in [5.41, 5.74) is 2.37. The van der Waals surface area contributed by atoms with E-state index in [2.05, 4.69) is 85.3 Å². The van der Waals surface area contributed by atoms with Crippen molar-refractivity contribution in [2.24, 2.45) is 5.41 Å².